The number of hydrogen-bond donors (Lipinski definition) is 3. The number of nitrogens with two attached hydrogens (primary N) is 1. The third kappa shape index (κ3) is 10.6. The molecule has 0 amide bonds. The van der Waals surface area contributed by atoms with E-state index in [0.29, 0.717) is 23.1 Å². The van der Waals surface area contributed by atoms with E-state index in [0.717, 1.165) is 0 Å². The van der Waals surface area contributed by atoms with E-state index in [1.54, 1.807) is 0 Å². The molecule has 0 fully saturated rings. The summed E-state index contributed by atoms with van der Waals surface area (Å²) < 4.78 is 51.1. The number of hydrogen-bond acceptors (Lipinski definition) is 4. The zero-order valence-electron chi connectivity index (χ0n) is 13.3. The van der Waals surface area contributed by atoms with Crippen molar-refractivity contribution in [3.63, 3.8) is 0 Å². The highest BCUT2D eigenvalue weighted by Crippen LogP contribution is 2.25. The second-order valence-electron chi connectivity index (χ2n) is 4.62. The van der Waals surface area contributed by atoms with E-state index in [-0.39, 0.29) is 48.6 Å². The highest BCUT2D eigenvalue weighted by molar-refractivity contribution is 14.0. The van der Waals surface area contributed by atoms with Crippen molar-refractivity contribution in [1.29, 1.82) is 0 Å². The van der Waals surface area contributed by atoms with Gasteiger partial charge < -0.3 is 15.4 Å². The van der Waals surface area contributed by atoms with Gasteiger partial charge in [-0.2, -0.15) is 8.78 Å². The topological polar surface area (TPSA) is 106 Å². The average Bonchev–Trinajstić information content (AvgIpc) is 2.45. The molecule has 25 heavy (non-hydrogen) atoms. The maximum Gasteiger partial charge on any atom is 0.387 e. The predicted molar refractivity (Wildman–Crippen MR) is 104 cm³/mol. The van der Waals surface area contributed by atoms with Gasteiger partial charge >= 0.3 is 6.61 Å². The molecule has 0 aromatic heterocycles. The first-order chi connectivity index (χ1) is 11.2. The fourth-order valence-corrected chi connectivity index (χ4v) is 2.28. The minimum Gasteiger partial charge on any atom is -0.434 e. The van der Waals surface area contributed by atoms with E-state index in [1.165, 1.54) is 18.2 Å². The Kier molecular flexibility index (Phi) is 11.2. The molecule has 0 aliphatic heterocycles. The molecule has 0 aliphatic rings. The number of halogens is 4. The number of aliphatic imine (C=N–C) groups is 1. The molecule has 0 heterocycles. The lowest BCUT2D eigenvalue weighted by atomic mass is 10.2. The molecular weight excluding hydrogens is 493 g/mol. The number of nitrogens with one attached hydrogen (secondary N) is 2. The summed E-state index contributed by atoms with van der Waals surface area (Å²) in [6.07, 6.45) is 0. The molecule has 0 saturated carbocycles. The third-order valence-corrected chi connectivity index (χ3v) is 3.68. The molecule has 1 aromatic rings. The number of rotatable bonds is 8. The van der Waals surface area contributed by atoms with Crippen molar-refractivity contribution in [1.82, 2.24) is 10.6 Å². The number of benzene rings is 1. The van der Waals surface area contributed by atoms with Gasteiger partial charge in [-0.1, -0.05) is 11.6 Å². The van der Waals surface area contributed by atoms with E-state index >= 15 is 0 Å². The van der Waals surface area contributed by atoms with Crippen molar-refractivity contribution in [3.8, 4) is 5.75 Å². The summed E-state index contributed by atoms with van der Waals surface area (Å²) in [5.41, 5.74) is 0.367. The number of alkyl halides is 2. The predicted octanol–water partition coefficient (Wildman–Crippen LogP) is 1.90. The SMILES string of the molecule is CCNC(=NCc1cc(Cl)ccc1OC(F)F)NCCS(N)(=O)=O.I. The highest BCUT2D eigenvalue weighted by atomic mass is 127. The van der Waals surface area contributed by atoms with Crippen molar-refractivity contribution in [2.24, 2.45) is 10.1 Å². The van der Waals surface area contributed by atoms with E-state index in [2.05, 4.69) is 20.4 Å². The normalized spacial score (nSPS) is 11.8. The number of primary sulfonamides is 1. The molecule has 0 bridgehead atoms. The van der Waals surface area contributed by atoms with Gasteiger partial charge in [0.15, 0.2) is 5.96 Å². The summed E-state index contributed by atoms with van der Waals surface area (Å²) in [6, 6.07) is 4.24. The van der Waals surface area contributed by atoms with Crippen LogP contribution in [0.1, 0.15) is 12.5 Å². The standard InChI is InChI=1S/C13H19ClF2N4O3S.HI/c1-2-18-13(19-5-6-24(17,21)22)20-8-9-7-10(14)3-4-11(9)23-12(15)16;/h3-4,7,12H,2,5-6,8H2,1H3,(H2,17,21,22)(H2,18,19,20);1H. The Labute approximate surface area is 167 Å². The smallest absolute Gasteiger partial charge is 0.387 e. The van der Waals surface area contributed by atoms with Crippen molar-refractivity contribution in [3.05, 3.63) is 28.8 Å². The summed E-state index contributed by atoms with van der Waals surface area (Å²) in [6.45, 7) is -0.554. The highest BCUT2D eigenvalue weighted by Gasteiger charge is 2.10. The molecule has 0 atom stereocenters. The molecule has 144 valence electrons. The van der Waals surface area contributed by atoms with Gasteiger partial charge in [0, 0.05) is 23.7 Å². The fraction of sp³-hybridized carbons (Fsp3) is 0.462. The lowest BCUT2D eigenvalue weighted by molar-refractivity contribution is -0.0504. The van der Waals surface area contributed by atoms with Crippen molar-refractivity contribution in [2.45, 2.75) is 20.1 Å². The van der Waals surface area contributed by atoms with Crippen molar-refractivity contribution < 1.29 is 21.9 Å². The second kappa shape index (κ2) is 11.6. The Morgan fingerprint density at radius 2 is 2.08 bits per heavy atom. The van der Waals surface area contributed by atoms with Crippen LogP contribution in [-0.2, 0) is 16.6 Å². The molecule has 1 aromatic carbocycles. The summed E-state index contributed by atoms with van der Waals surface area (Å²) in [7, 11) is -3.59. The van der Waals surface area contributed by atoms with Crippen LogP contribution in [0.5, 0.6) is 5.75 Å². The van der Waals surface area contributed by atoms with Crippen molar-refractivity contribution in [2.75, 3.05) is 18.8 Å². The van der Waals surface area contributed by atoms with Gasteiger partial charge in [0.1, 0.15) is 5.75 Å². The molecule has 0 spiro atoms. The Bertz CT molecular complexity index is 677. The zero-order valence-corrected chi connectivity index (χ0v) is 17.2. The molecule has 0 saturated heterocycles. The Morgan fingerprint density at radius 1 is 1.40 bits per heavy atom. The van der Waals surface area contributed by atoms with Gasteiger partial charge in [-0.25, -0.2) is 18.5 Å². The first kappa shape index (κ1) is 24.1. The van der Waals surface area contributed by atoms with Crippen LogP contribution in [0.25, 0.3) is 0 Å². The molecule has 4 N–H and O–H groups in total. The molecule has 1 rings (SSSR count). The zero-order chi connectivity index (χ0) is 18.2. The van der Waals surface area contributed by atoms with E-state index < -0.39 is 16.6 Å². The molecule has 0 radical (unpaired) electrons. The number of nitrogens with zero attached hydrogens (tertiary/aromatic N) is 1. The largest absolute Gasteiger partial charge is 0.434 e. The van der Waals surface area contributed by atoms with Gasteiger partial charge in [-0.15, -0.1) is 24.0 Å². The maximum absolute atomic E-state index is 12.4. The summed E-state index contributed by atoms with van der Waals surface area (Å²) in [5, 5.41) is 10.9. The molecule has 7 nitrogen and oxygen atoms in total. The van der Waals surface area contributed by atoms with E-state index in [4.69, 9.17) is 16.7 Å². The van der Waals surface area contributed by atoms with Crippen LogP contribution in [-0.4, -0.2) is 39.8 Å². The number of ether oxygens (including phenoxy) is 1. The van der Waals surface area contributed by atoms with Crippen LogP contribution < -0.4 is 20.5 Å². The van der Waals surface area contributed by atoms with Crippen LogP contribution >= 0.6 is 35.6 Å². The summed E-state index contributed by atoms with van der Waals surface area (Å²) in [5.74, 6) is 0.0107. The molecule has 0 unspecified atom stereocenters. The van der Waals surface area contributed by atoms with Crippen molar-refractivity contribution >= 4 is 51.6 Å². The lowest BCUT2D eigenvalue weighted by Crippen LogP contribution is -2.40. The third-order valence-electron chi connectivity index (χ3n) is 2.67. The maximum atomic E-state index is 12.4. The summed E-state index contributed by atoms with van der Waals surface area (Å²) in [4.78, 5) is 4.19. The monoisotopic (exact) mass is 512 g/mol. The number of guanidine groups is 1. The molecule has 0 aliphatic carbocycles. The summed E-state index contributed by atoms with van der Waals surface area (Å²) >= 11 is 5.86. The van der Waals surface area contributed by atoms with Gasteiger partial charge in [-0.05, 0) is 25.1 Å². The Hall–Kier alpha value is -0.920. The number of sulfonamides is 1. The van der Waals surface area contributed by atoms with Gasteiger partial charge in [0.05, 0.1) is 12.3 Å². The van der Waals surface area contributed by atoms with E-state index in [1.807, 2.05) is 6.92 Å². The Morgan fingerprint density at radius 3 is 2.64 bits per heavy atom. The van der Waals surface area contributed by atoms with Crippen LogP contribution in [0.15, 0.2) is 23.2 Å². The minimum atomic E-state index is -3.59. The van der Waals surface area contributed by atoms with Crippen LogP contribution in [0.2, 0.25) is 5.02 Å². The molecule has 12 heteroatoms. The van der Waals surface area contributed by atoms with Crippen LogP contribution in [0.4, 0.5) is 8.78 Å². The van der Waals surface area contributed by atoms with Gasteiger partial charge in [0.25, 0.3) is 0 Å². The quantitative estimate of drug-likeness (QED) is 0.280. The minimum absolute atomic E-state index is 0. The van der Waals surface area contributed by atoms with E-state index in [9.17, 15) is 17.2 Å². The Balaban J connectivity index is 0.00000576. The second-order valence-corrected chi connectivity index (χ2v) is 6.79. The lowest BCUT2D eigenvalue weighted by Gasteiger charge is -2.12. The first-order valence-corrected chi connectivity index (χ1v) is 9.06. The first-order valence-electron chi connectivity index (χ1n) is 6.97. The average molecular weight is 513 g/mol. The van der Waals surface area contributed by atoms with Gasteiger partial charge in [0.2, 0.25) is 10.0 Å². The van der Waals surface area contributed by atoms with Gasteiger partial charge in [-0.3, -0.25) is 0 Å². The molecular formula is C13H20ClF2IN4O3S. The van der Waals surface area contributed by atoms with Crippen LogP contribution in [0.3, 0.4) is 0 Å². The van der Waals surface area contributed by atoms with Crippen LogP contribution in [0, 0.1) is 0 Å². The fourth-order valence-electron chi connectivity index (χ4n) is 1.70.